The molecule has 0 aliphatic rings. The summed E-state index contributed by atoms with van der Waals surface area (Å²) in [5.74, 6) is 0. The van der Waals surface area contributed by atoms with Crippen LogP contribution in [0.25, 0.3) is 0 Å². The van der Waals surface area contributed by atoms with Crippen molar-refractivity contribution in [3.8, 4) is 0 Å². The predicted octanol–water partition coefficient (Wildman–Crippen LogP) is 11.2. The van der Waals surface area contributed by atoms with Gasteiger partial charge in [-0.15, -0.1) is 12.4 Å². The summed E-state index contributed by atoms with van der Waals surface area (Å²) in [6, 6.07) is 0.853. The molecule has 0 heterocycles. The first-order valence-electron chi connectivity index (χ1n) is 17.0. The number of hydrogen-bond acceptors (Lipinski definition) is 4. The quantitative estimate of drug-likeness (QED) is 0.0641. The number of rotatable bonds is 31. The Hall–Kier alpha value is 0.347. The molecule has 0 saturated heterocycles. The van der Waals surface area contributed by atoms with Gasteiger partial charge in [-0.1, -0.05) is 155 Å². The molecule has 0 aliphatic carbocycles. The van der Waals surface area contributed by atoms with Gasteiger partial charge in [-0.25, -0.2) is 0 Å². The van der Waals surface area contributed by atoms with E-state index >= 15 is 0 Å². The zero-order chi connectivity index (χ0) is 28.2. The van der Waals surface area contributed by atoms with Gasteiger partial charge < -0.3 is 19.0 Å². The smallest absolute Gasteiger partial charge is 0.377 e. The van der Waals surface area contributed by atoms with Crippen LogP contribution < -0.4 is 5.73 Å². The summed E-state index contributed by atoms with van der Waals surface area (Å²) in [6.45, 7) is 4.59. The summed E-state index contributed by atoms with van der Waals surface area (Å²) < 4.78 is 16.9. The average Bonchev–Trinajstić information content (AvgIpc) is 2.93. The van der Waals surface area contributed by atoms with E-state index in [0.29, 0.717) is 0 Å². The Balaban J connectivity index is 0. The number of halogens is 1. The van der Waals surface area contributed by atoms with E-state index < -0.39 is 8.80 Å². The van der Waals surface area contributed by atoms with Crippen LogP contribution in [-0.4, -0.2) is 35.7 Å². The van der Waals surface area contributed by atoms with E-state index in [1.54, 1.807) is 21.3 Å². The van der Waals surface area contributed by atoms with Crippen molar-refractivity contribution < 1.29 is 13.3 Å². The molecule has 0 aromatic carbocycles. The maximum Gasteiger partial charge on any atom is 0.500 e. The Kier molecular flexibility index (Phi) is 31.7. The second-order valence-corrected chi connectivity index (χ2v) is 15.2. The van der Waals surface area contributed by atoms with Crippen molar-refractivity contribution in [2.45, 2.75) is 192 Å². The highest BCUT2D eigenvalue weighted by Gasteiger charge is 2.38. The van der Waals surface area contributed by atoms with Gasteiger partial charge in [0.25, 0.3) is 0 Å². The summed E-state index contributed by atoms with van der Waals surface area (Å²) in [7, 11) is 2.63. The molecule has 0 saturated carbocycles. The molecule has 2 N–H and O–H groups in total. The monoisotopic (exact) mass is 593 g/mol. The molecule has 0 amide bonds. The minimum absolute atomic E-state index is 0. The number of hydrogen-bond donors (Lipinski definition) is 1. The van der Waals surface area contributed by atoms with Gasteiger partial charge in [0.15, 0.2) is 0 Å². The Bertz CT molecular complexity index is 446. The third-order valence-electron chi connectivity index (χ3n) is 8.65. The molecule has 0 bridgehead atoms. The molecule has 0 radical (unpaired) electrons. The molecule has 0 aromatic rings. The van der Waals surface area contributed by atoms with Crippen molar-refractivity contribution in [2.75, 3.05) is 21.3 Å². The van der Waals surface area contributed by atoms with E-state index in [-0.39, 0.29) is 17.9 Å². The fourth-order valence-corrected chi connectivity index (χ4v) is 7.59. The fourth-order valence-electron chi connectivity index (χ4n) is 5.87. The van der Waals surface area contributed by atoms with Crippen molar-refractivity contribution in [1.29, 1.82) is 0 Å². The van der Waals surface area contributed by atoms with Crippen LogP contribution in [0.4, 0.5) is 0 Å². The summed E-state index contributed by atoms with van der Waals surface area (Å²) in [4.78, 5) is 0. The van der Waals surface area contributed by atoms with E-state index in [2.05, 4.69) is 13.8 Å². The van der Waals surface area contributed by atoms with Gasteiger partial charge in [0.2, 0.25) is 0 Å². The van der Waals surface area contributed by atoms with E-state index in [4.69, 9.17) is 19.0 Å². The molecular formula is C33H72ClNO3Si. The molecule has 39 heavy (non-hydrogen) atoms. The van der Waals surface area contributed by atoms with Crippen LogP contribution in [0.2, 0.25) is 6.04 Å². The van der Waals surface area contributed by atoms with Gasteiger partial charge in [0.1, 0.15) is 0 Å². The maximum absolute atomic E-state index is 7.09. The zero-order valence-electron chi connectivity index (χ0n) is 27.3. The first kappa shape index (κ1) is 41.5. The Morgan fingerprint density at radius 2 is 0.692 bits per heavy atom. The van der Waals surface area contributed by atoms with E-state index in [1.165, 1.54) is 141 Å². The minimum atomic E-state index is -2.51. The van der Waals surface area contributed by atoms with Gasteiger partial charge in [0, 0.05) is 32.9 Å². The van der Waals surface area contributed by atoms with E-state index in [9.17, 15) is 0 Å². The van der Waals surface area contributed by atoms with Crippen LogP contribution >= 0.6 is 12.4 Å². The topological polar surface area (TPSA) is 53.7 Å². The molecule has 0 fully saturated rings. The SMILES string of the molecule is CCCCCCCCCCCCCC(N)(CCCCCCCCCCCCC)CCC[Si](OC)(OC)OC.Cl. The van der Waals surface area contributed by atoms with Gasteiger partial charge in [-0.3, -0.25) is 0 Å². The normalized spacial score (nSPS) is 12.2. The third-order valence-corrected chi connectivity index (χ3v) is 11.5. The van der Waals surface area contributed by atoms with Gasteiger partial charge in [-0.2, -0.15) is 0 Å². The van der Waals surface area contributed by atoms with Crippen LogP contribution in [0.5, 0.6) is 0 Å². The minimum Gasteiger partial charge on any atom is -0.377 e. The van der Waals surface area contributed by atoms with Crippen molar-refractivity contribution in [2.24, 2.45) is 5.73 Å². The van der Waals surface area contributed by atoms with Crippen LogP contribution in [0.3, 0.4) is 0 Å². The van der Waals surface area contributed by atoms with Gasteiger partial charge in [-0.05, 0) is 25.7 Å². The Labute approximate surface area is 253 Å². The van der Waals surface area contributed by atoms with Gasteiger partial charge in [0.05, 0.1) is 0 Å². The molecular weight excluding hydrogens is 522 g/mol. The molecule has 6 heteroatoms. The van der Waals surface area contributed by atoms with E-state index in [0.717, 1.165) is 31.7 Å². The molecule has 0 atom stereocenters. The van der Waals surface area contributed by atoms with Crippen LogP contribution in [0.1, 0.15) is 181 Å². The van der Waals surface area contributed by atoms with Crippen molar-refractivity contribution in [3.63, 3.8) is 0 Å². The maximum atomic E-state index is 7.09. The average molecular weight is 594 g/mol. The summed E-state index contributed by atoms with van der Waals surface area (Å²) >= 11 is 0. The second kappa shape index (κ2) is 29.8. The lowest BCUT2D eigenvalue weighted by Gasteiger charge is -2.32. The molecule has 0 aliphatic heterocycles. The summed E-state index contributed by atoms with van der Waals surface area (Å²) in [5, 5.41) is 0. The highest BCUT2D eigenvalue weighted by atomic mass is 35.5. The first-order valence-corrected chi connectivity index (χ1v) is 18.9. The highest BCUT2D eigenvalue weighted by molar-refractivity contribution is 6.60. The highest BCUT2D eigenvalue weighted by Crippen LogP contribution is 2.28. The Morgan fingerprint density at radius 3 is 0.974 bits per heavy atom. The van der Waals surface area contributed by atoms with Crippen LogP contribution in [0, 0.1) is 0 Å². The molecule has 0 spiro atoms. The summed E-state index contributed by atoms with van der Waals surface area (Å²) in [6.07, 6.45) is 34.9. The first-order chi connectivity index (χ1) is 18.5. The zero-order valence-corrected chi connectivity index (χ0v) is 29.1. The van der Waals surface area contributed by atoms with Crippen LogP contribution in [0.15, 0.2) is 0 Å². The number of nitrogens with two attached hydrogens (primary N) is 1. The predicted molar refractivity (Wildman–Crippen MR) is 177 cm³/mol. The van der Waals surface area contributed by atoms with Crippen molar-refractivity contribution in [3.05, 3.63) is 0 Å². The third kappa shape index (κ3) is 24.6. The molecule has 0 aromatic heterocycles. The standard InChI is InChI=1S/C33H71NO3Si.ClH/c1-6-8-10-12-14-16-18-20-22-24-26-29-33(34,31-28-32-38(35-3,36-4)37-5)30-27-25-23-21-19-17-15-13-11-9-7-2;/h6-32,34H2,1-5H3;1H. The van der Waals surface area contributed by atoms with Crippen LogP contribution in [-0.2, 0) is 13.3 Å². The Morgan fingerprint density at radius 1 is 0.436 bits per heavy atom. The molecule has 0 unspecified atom stereocenters. The second-order valence-electron chi connectivity index (χ2n) is 12.1. The molecule has 0 rings (SSSR count). The fraction of sp³-hybridized carbons (Fsp3) is 1.00. The number of unbranched alkanes of at least 4 members (excludes halogenated alkanes) is 20. The lowest BCUT2D eigenvalue weighted by molar-refractivity contribution is 0.121. The largest absolute Gasteiger partial charge is 0.500 e. The van der Waals surface area contributed by atoms with Crippen molar-refractivity contribution in [1.82, 2.24) is 0 Å². The molecule has 238 valence electrons. The van der Waals surface area contributed by atoms with E-state index in [1.807, 2.05) is 0 Å². The lowest BCUT2D eigenvalue weighted by atomic mass is 9.83. The lowest BCUT2D eigenvalue weighted by Crippen LogP contribution is -2.44. The molecule has 4 nitrogen and oxygen atoms in total. The van der Waals surface area contributed by atoms with Gasteiger partial charge >= 0.3 is 8.80 Å². The summed E-state index contributed by atoms with van der Waals surface area (Å²) in [5.41, 5.74) is 7.04. The van der Waals surface area contributed by atoms with Crippen molar-refractivity contribution >= 4 is 21.2 Å².